The summed E-state index contributed by atoms with van der Waals surface area (Å²) in [5.74, 6) is 2.98. The number of nitrogens with one attached hydrogen (secondary N) is 1. The van der Waals surface area contributed by atoms with E-state index in [2.05, 4.69) is 18.3 Å². The second-order valence-corrected chi connectivity index (χ2v) is 5.95. The average molecular weight is 355 g/mol. The normalized spacial score (nSPS) is 10.9. The third-order valence-corrected chi connectivity index (χ3v) is 4.51. The predicted octanol–water partition coefficient (Wildman–Crippen LogP) is 4.31. The van der Waals surface area contributed by atoms with Gasteiger partial charge in [-0.05, 0) is 12.1 Å². The van der Waals surface area contributed by atoms with Gasteiger partial charge >= 0.3 is 0 Å². The maximum Gasteiger partial charge on any atom is 0.203 e. The Balaban J connectivity index is 1.81. The Morgan fingerprint density at radius 1 is 0.885 bits per heavy atom. The molecule has 1 aromatic heterocycles. The lowest BCUT2D eigenvalue weighted by Crippen LogP contribution is -2.14. The molecule has 0 unspecified atom stereocenters. The molecule has 0 spiro atoms. The summed E-state index contributed by atoms with van der Waals surface area (Å²) < 4.78 is 22.3. The molecule has 5 nitrogen and oxygen atoms in total. The second-order valence-electron chi connectivity index (χ2n) is 5.95. The summed E-state index contributed by atoms with van der Waals surface area (Å²) in [5.41, 5.74) is 3.16. The molecular formula is C21H25NO4. The Kier molecular flexibility index (Phi) is 5.68. The number of benzene rings is 2. The molecule has 2 aromatic carbocycles. The van der Waals surface area contributed by atoms with E-state index in [9.17, 15) is 0 Å². The first kappa shape index (κ1) is 18.1. The van der Waals surface area contributed by atoms with Crippen LogP contribution in [0, 0.1) is 0 Å². The van der Waals surface area contributed by atoms with E-state index in [0.717, 1.165) is 35.3 Å². The number of rotatable bonds is 8. The standard InChI is InChI=1S/C21H25NO4/c1-5-17-16(15-8-6-7-9-18(15)26-17)13-22-12-14-10-11-19(23-2)21(25-4)20(14)24-3/h6-11,22H,5,12-13H2,1-4H3. The first-order valence-electron chi connectivity index (χ1n) is 8.71. The summed E-state index contributed by atoms with van der Waals surface area (Å²) in [7, 11) is 4.87. The van der Waals surface area contributed by atoms with Gasteiger partial charge in [0, 0.05) is 36.0 Å². The topological polar surface area (TPSA) is 52.9 Å². The van der Waals surface area contributed by atoms with E-state index in [0.29, 0.717) is 23.8 Å². The number of fused-ring (bicyclic) bond motifs is 1. The number of hydrogen-bond acceptors (Lipinski definition) is 5. The van der Waals surface area contributed by atoms with Gasteiger partial charge in [-0.3, -0.25) is 0 Å². The van der Waals surface area contributed by atoms with Crippen LogP contribution in [0.3, 0.4) is 0 Å². The third-order valence-electron chi connectivity index (χ3n) is 4.51. The minimum Gasteiger partial charge on any atom is -0.493 e. The summed E-state index contributed by atoms with van der Waals surface area (Å²) in [4.78, 5) is 0. The van der Waals surface area contributed by atoms with Crippen LogP contribution in [-0.4, -0.2) is 21.3 Å². The lowest BCUT2D eigenvalue weighted by atomic mass is 10.1. The van der Waals surface area contributed by atoms with E-state index < -0.39 is 0 Å². The van der Waals surface area contributed by atoms with Crippen LogP contribution in [0.2, 0.25) is 0 Å². The van der Waals surface area contributed by atoms with Crippen molar-refractivity contribution >= 4 is 11.0 Å². The highest BCUT2D eigenvalue weighted by Gasteiger charge is 2.16. The van der Waals surface area contributed by atoms with E-state index in [1.807, 2.05) is 30.3 Å². The summed E-state index contributed by atoms with van der Waals surface area (Å²) in [6, 6.07) is 12.0. The molecule has 5 heteroatoms. The van der Waals surface area contributed by atoms with Gasteiger partial charge in [0.2, 0.25) is 5.75 Å². The lowest BCUT2D eigenvalue weighted by Gasteiger charge is -2.16. The van der Waals surface area contributed by atoms with Gasteiger partial charge < -0.3 is 23.9 Å². The second kappa shape index (κ2) is 8.15. The molecule has 0 amide bonds. The molecule has 0 aliphatic rings. The molecule has 3 rings (SSSR count). The fraction of sp³-hybridized carbons (Fsp3) is 0.333. The SMILES string of the molecule is CCc1oc2ccccc2c1CNCc1ccc(OC)c(OC)c1OC. The van der Waals surface area contributed by atoms with E-state index >= 15 is 0 Å². The molecule has 0 fully saturated rings. The van der Waals surface area contributed by atoms with Gasteiger partial charge in [0.15, 0.2) is 11.5 Å². The molecule has 0 atom stereocenters. The molecular weight excluding hydrogens is 330 g/mol. The van der Waals surface area contributed by atoms with Gasteiger partial charge in [0.05, 0.1) is 21.3 Å². The van der Waals surface area contributed by atoms with Crippen molar-refractivity contribution in [2.24, 2.45) is 0 Å². The fourth-order valence-electron chi connectivity index (χ4n) is 3.25. The van der Waals surface area contributed by atoms with Crippen molar-refractivity contribution in [3.05, 3.63) is 53.3 Å². The molecule has 0 aliphatic heterocycles. The van der Waals surface area contributed by atoms with Crippen LogP contribution in [0.1, 0.15) is 23.8 Å². The molecule has 1 heterocycles. The van der Waals surface area contributed by atoms with Crippen molar-refractivity contribution in [2.45, 2.75) is 26.4 Å². The van der Waals surface area contributed by atoms with Gasteiger partial charge in [0.1, 0.15) is 11.3 Å². The van der Waals surface area contributed by atoms with Crippen molar-refractivity contribution in [1.82, 2.24) is 5.32 Å². The van der Waals surface area contributed by atoms with Gasteiger partial charge in [-0.2, -0.15) is 0 Å². The number of hydrogen-bond donors (Lipinski definition) is 1. The molecule has 1 N–H and O–H groups in total. The molecule has 0 radical (unpaired) electrons. The van der Waals surface area contributed by atoms with Crippen molar-refractivity contribution < 1.29 is 18.6 Å². The predicted molar refractivity (Wildman–Crippen MR) is 102 cm³/mol. The molecule has 0 aliphatic carbocycles. The van der Waals surface area contributed by atoms with Crippen LogP contribution in [-0.2, 0) is 19.5 Å². The van der Waals surface area contributed by atoms with Gasteiger partial charge in [-0.25, -0.2) is 0 Å². The van der Waals surface area contributed by atoms with Crippen molar-refractivity contribution in [3.63, 3.8) is 0 Å². The number of para-hydroxylation sites is 1. The number of aryl methyl sites for hydroxylation is 1. The maximum atomic E-state index is 5.96. The zero-order valence-electron chi connectivity index (χ0n) is 15.7. The fourth-order valence-corrected chi connectivity index (χ4v) is 3.25. The number of methoxy groups -OCH3 is 3. The minimum atomic E-state index is 0.609. The molecule has 0 bridgehead atoms. The van der Waals surface area contributed by atoms with Gasteiger partial charge in [0.25, 0.3) is 0 Å². The van der Waals surface area contributed by atoms with Crippen molar-refractivity contribution in [3.8, 4) is 17.2 Å². The Labute approximate surface area is 153 Å². The first-order valence-corrected chi connectivity index (χ1v) is 8.71. The van der Waals surface area contributed by atoms with Crippen LogP contribution in [0.15, 0.2) is 40.8 Å². The molecule has 0 saturated heterocycles. The summed E-state index contributed by atoms with van der Waals surface area (Å²) in [6.45, 7) is 3.47. The molecule has 138 valence electrons. The van der Waals surface area contributed by atoms with Crippen LogP contribution in [0.25, 0.3) is 11.0 Å². The zero-order valence-corrected chi connectivity index (χ0v) is 15.7. The van der Waals surface area contributed by atoms with Crippen molar-refractivity contribution in [1.29, 1.82) is 0 Å². The van der Waals surface area contributed by atoms with Crippen molar-refractivity contribution in [2.75, 3.05) is 21.3 Å². The molecule has 3 aromatic rings. The van der Waals surface area contributed by atoms with E-state index in [1.165, 1.54) is 5.56 Å². The van der Waals surface area contributed by atoms with E-state index in [-0.39, 0.29) is 0 Å². The highest BCUT2D eigenvalue weighted by atomic mass is 16.5. The average Bonchev–Trinajstić information content (AvgIpc) is 3.05. The third kappa shape index (κ3) is 3.35. The highest BCUT2D eigenvalue weighted by molar-refractivity contribution is 5.82. The summed E-state index contributed by atoms with van der Waals surface area (Å²) >= 11 is 0. The number of furan rings is 1. The van der Waals surface area contributed by atoms with Gasteiger partial charge in [-0.1, -0.05) is 31.2 Å². The minimum absolute atomic E-state index is 0.609. The Bertz CT molecular complexity index is 885. The summed E-state index contributed by atoms with van der Waals surface area (Å²) in [6.07, 6.45) is 0.866. The lowest BCUT2D eigenvalue weighted by molar-refractivity contribution is 0.321. The smallest absolute Gasteiger partial charge is 0.203 e. The largest absolute Gasteiger partial charge is 0.493 e. The Morgan fingerprint density at radius 2 is 1.65 bits per heavy atom. The quantitative estimate of drug-likeness (QED) is 0.652. The Hall–Kier alpha value is -2.66. The zero-order chi connectivity index (χ0) is 18.5. The monoisotopic (exact) mass is 355 g/mol. The van der Waals surface area contributed by atoms with Gasteiger partial charge in [-0.15, -0.1) is 0 Å². The molecule has 26 heavy (non-hydrogen) atoms. The summed E-state index contributed by atoms with van der Waals surface area (Å²) in [5, 5.41) is 4.66. The highest BCUT2D eigenvalue weighted by Crippen LogP contribution is 2.39. The van der Waals surface area contributed by atoms with E-state index in [4.69, 9.17) is 18.6 Å². The first-order chi connectivity index (χ1) is 12.7. The van der Waals surface area contributed by atoms with E-state index in [1.54, 1.807) is 21.3 Å². The van der Waals surface area contributed by atoms with Crippen LogP contribution < -0.4 is 19.5 Å². The number of ether oxygens (including phenoxy) is 3. The Morgan fingerprint density at radius 3 is 2.35 bits per heavy atom. The molecule has 0 saturated carbocycles. The van der Waals surface area contributed by atoms with Crippen LogP contribution in [0.5, 0.6) is 17.2 Å². The maximum absolute atomic E-state index is 5.96. The van der Waals surface area contributed by atoms with Crippen LogP contribution >= 0.6 is 0 Å². The van der Waals surface area contributed by atoms with Crippen LogP contribution in [0.4, 0.5) is 0 Å².